The van der Waals surface area contributed by atoms with Crippen molar-refractivity contribution in [2.24, 2.45) is 0 Å². The molecule has 0 fully saturated rings. The fraction of sp³-hybridized carbons (Fsp3) is 0.911. The van der Waals surface area contributed by atoms with Crippen molar-refractivity contribution < 1.29 is 24.5 Å². The Hall–Kier alpha value is -1.40. The predicted molar refractivity (Wildman–Crippen MR) is 218 cm³/mol. The molecular weight excluding hydrogens is 634 g/mol. The summed E-state index contributed by atoms with van der Waals surface area (Å²) in [4.78, 5) is 25.8. The maximum absolute atomic E-state index is 13.1. The molecule has 0 radical (unpaired) electrons. The second-order valence-electron chi connectivity index (χ2n) is 15.5. The molecule has 0 spiro atoms. The summed E-state index contributed by atoms with van der Waals surface area (Å²) < 4.78 is 5.87. The van der Waals surface area contributed by atoms with Crippen LogP contribution in [0.2, 0.25) is 0 Å². The Bertz CT molecular complexity index is 772. The molecule has 1 amide bonds. The summed E-state index contributed by atoms with van der Waals surface area (Å²) in [7, 11) is 0. The number of carbonyl (C=O) groups excluding carboxylic acids is 2. The summed E-state index contributed by atoms with van der Waals surface area (Å²) in [6.07, 6.45) is 41.3. The fourth-order valence-corrected chi connectivity index (χ4v) is 6.90. The van der Waals surface area contributed by atoms with Gasteiger partial charge in [-0.25, -0.2) is 0 Å². The van der Waals surface area contributed by atoms with Crippen molar-refractivity contribution in [3.05, 3.63) is 12.2 Å². The minimum Gasteiger partial charge on any atom is -0.462 e. The average molecular weight is 722 g/mol. The van der Waals surface area contributed by atoms with E-state index in [4.69, 9.17) is 4.74 Å². The number of aliphatic hydroxyl groups excluding tert-OH is 2. The quantitative estimate of drug-likeness (QED) is 0.0332. The van der Waals surface area contributed by atoms with Crippen molar-refractivity contribution in [3.63, 3.8) is 0 Å². The zero-order chi connectivity index (χ0) is 37.5. The highest BCUT2D eigenvalue weighted by atomic mass is 16.5. The van der Waals surface area contributed by atoms with Gasteiger partial charge in [-0.05, 0) is 44.9 Å². The first-order valence-electron chi connectivity index (χ1n) is 22.4. The molecule has 51 heavy (non-hydrogen) atoms. The number of amides is 1. The lowest BCUT2D eigenvalue weighted by atomic mass is 10.0. The van der Waals surface area contributed by atoms with E-state index < -0.39 is 18.2 Å². The predicted octanol–water partition coefficient (Wildman–Crippen LogP) is 12.6. The summed E-state index contributed by atoms with van der Waals surface area (Å²) in [5.41, 5.74) is 0. The molecule has 3 atom stereocenters. The van der Waals surface area contributed by atoms with Crippen LogP contribution in [0.15, 0.2) is 12.2 Å². The average Bonchev–Trinajstić information content (AvgIpc) is 3.12. The highest BCUT2D eigenvalue weighted by Gasteiger charge is 2.24. The Labute approximate surface area is 317 Å². The smallest absolute Gasteiger partial charge is 0.306 e. The third-order valence-electron chi connectivity index (χ3n) is 10.3. The van der Waals surface area contributed by atoms with Crippen LogP contribution in [0, 0.1) is 0 Å². The minimum absolute atomic E-state index is 0.0718. The minimum atomic E-state index is -0.783. The van der Waals surface area contributed by atoms with Crippen LogP contribution in [0.3, 0.4) is 0 Å². The molecule has 0 rings (SSSR count). The summed E-state index contributed by atoms with van der Waals surface area (Å²) in [6.45, 7) is 6.40. The van der Waals surface area contributed by atoms with Crippen molar-refractivity contribution in [1.29, 1.82) is 0 Å². The number of unbranched alkanes of at least 4 members (excludes halogenated alkanes) is 26. The van der Waals surface area contributed by atoms with Crippen molar-refractivity contribution in [2.45, 2.75) is 257 Å². The molecule has 0 aliphatic carbocycles. The Balaban J connectivity index is 4.48. The highest BCUT2D eigenvalue weighted by molar-refractivity contribution is 5.77. The summed E-state index contributed by atoms with van der Waals surface area (Å²) in [5, 5.41) is 23.6. The van der Waals surface area contributed by atoms with Gasteiger partial charge in [0, 0.05) is 6.42 Å². The second kappa shape index (κ2) is 39.8. The molecule has 6 nitrogen and oxygen atoms in total. The summed E-state index contributed by atoms with van der Waals surface area (Å²) >= 11 is 0. The lowest BCUT2D eigenvalue weighted by Gasteiger charge is -2.24. The number of allylic oxidation sites excluding steroid dienone is 2. The van der Waals surface area contributed by atoms with Crippen LogP contribution < -0.4 is 5.32 Å². The van der Waals surface area contributed by atoms with Crippen molar-refractivity contribution in [2.75, 3.05) is 6.61 Å². The standard InChI is InChI=1S/C45H87NO5/c1-4-7-10-13-16-19-21-23-25-28-31-34-37-43(48)42(40-47)46-44(49)39-41(36-33-30-27-18-15-12-9-6-3)51-45(50)38-35-32-29-26-24-22-20-17-14-11-8-5-2/h12,15,41-43,47-48H,4-11,13-14,16-40H2,1-3H3,(H,46,49)/b15-12-. The van der Waals surface area contributed by atoms with Gasteiger partial charge in [0.15, 0.2) is 0 Å². The van der Waals surface area contributed by atoms with Crippen LogP contribution in [0.4, 0.5) is 0 Å². The molecule has 3 N–H and O–H groups in total. The molecule has 0 aromatic carbocycles. The third-order valence-corrected chi connectivity index (χ3v) is 10.3. The van der Waals surface area contributed by atoms with Crippen LogP contribution >= 0.6 is 0 Å². The Morgan fingerprint density at radius 1 is 0.549 bits per heavy atom. The van der Waals surface area contributed by atoms with E-state index in [9.17, 15) is 19.8 Å². The molecule has 302 valence electrons. The number of rotatable bonds is 40. The first kappa shape index (κ1) is 49.6. The number of ether oxygens (including phenoxy) is 1. The molecule has 0 bridgehead atoms. The Morgan fingerprint density at radius 3 is 1.47 bits per heavy atom. The van der Waals surface area contributed by atoms with E-state index in [-0.39, 0.29) is 24.9 Å². The van der Waals surface area contributed by atoms with Gasteiger partial charge < -0.3 is 20.3 Å². The zero-order valence-corrected chi connectivity index (χ0v) is 34.3. The van der Waals surface area contributed by atoms with Gasteiger partial charge >= 0.3 is 5.97 Å². The van der Waals surface area contributed by atoms with Gasteiger partial charge in [-0.15, -0.1) is 0 Å². The van der Waals surface area contributed by atoms with E-state index in [1.165, 1.54) is 128 Å². The van der Waals surface area contributed by atoms with Gasteiger partial charge in [0.2, 0.25) is 5.91 Å². The lowest BCUT2D eigenvalue weighted by Crippen LogP contribution is -2.46. The molecule has 0 aliphatic heterocycles. The first-order chi connectivity index (χ1) is 25.0. The molecule has 0 heterocycles. The van der Waals surface area contributed by atoms with Gasteiger partial charge in [-0.3, -0.25) is 9.59 Å². The van der Waals surface area contributed by atoms with E-state index in [0.29, 0.717) is 19.3 Å². The first-order valence-corrected chi connectivity index (χ1v) is 22.4. The van der Waals surface area contributed by atoms with Crippen LogP contribution in [-0.2, 0) is 14.3 Å². The van der Waals surface area contributed by atoms with Gasteiger partial charge in [0.1, 0.15) is 6.10 Å². The molecule has 0 aromatic heterocycles. The van der Waals surface area contributed by atoms with Gasteiger partial charge in [0.25, 0.3) is 0 Å². The van der Waals surface area contributed by atoms with E-state index >= 15 is 0 Å². The van der Waals surface area contributed by atoms with Crippen LogP contribution in [0.25, 0.3) is 0 Å². The number of hydrogen-bond acceptors (Lipinski definition) is 5. The molecule has 3 unspecified atom stereocenters. The van der Waals surface area contributed by atoms with Crippen LogP contribution in [0.1, 0.15) is 239 Å². The molecule has 0 aliphatic rings. The number of esters is 1. The zero-order valence-electron chi connectivity index (χ0n) is 34.3. The maximum atomic E-state index is 13.1. The van der Waals surface area contributed by atoms with Gasteiger partial charge in [-0.2, -0.15) is 0 Å². The highest BCUT2D eigenvalue weighted by Crippen LogP contribution is 2.17. The Kier molecular flexibility index (Phi) is 38.7. The Morgan fingerprint density at radius 2 is 0.980 bits per heavy atom. The van der Waals surface area contributed by atoms with Crippen LogP contribution in [-0.4, -0.2) is 46.9 Å². The third kappa shape index (κ3) is 35.4. The SMILES string of the molecule is CCC/C=C\CCCCCC(CC(=O)NC(CO)C(O)CCCCCCCCCCCCCC)OC(=O)CCCCCCCCCCCCCC. The van der Waals surface area contributed by atoms with Gasteiger partial charge in [0.05, 0.1) is 25.2 Å². The number of nitrogens with one attached hydrogen (secondary N) is 1. The second-order valence-corrected chi connectivity index (χ2v) is 15.5. The molecule has 0 saturated carbocycles. The number of carbonyl (C=O) groups is 2. The van der Waals surface area contributed by atoms with Gasteiger partial charge in [-0.1, -0.05) is 193 Å². The molecular formula is C45H87NO5. The number of aliphatic hydroxyl groups is 2. The fourth-order valence-electron chi connectivity index (χ4n) is 6.90. The topological polar surface area (TPSA) is 95.9 Å². The van der Waals surface area contributed by atoms with E-state index in [0.717, 1.165) is 64.2 Å². The van der Waals surface area contributed by atoms with E-state index in [1.807, 2.05) is 0 Å². The number of hydrogen-bond donors (Lipinski definition) is 3. The van der Waals surface area contributed by atoms with E-state index in [2.05, 4.69) is 38.2 Å². The monoisotopic (exact) mass is 722 g/mol. The van der Waals surface area contributed by atoms with Crippen molar-refractivity contribution in [1.82, 2.24) is 5.32 Å². The van der Waals surface area contributed by atoms with Crippen molar-refractivity contribution >= 4 is 11.9 Å². The summed E-state index contributed by atoms with van der Waals surface area (Å²) in [5.74, 6) is -0.485. The maximum Gasteiger partial charge on any atom is 0.306 e. The molecule has 0 saturated heterocycles. The lowest BCUT2D eigenvalue weighted by molar-refractivity contribution is -0.151. The molecule has 6 heteroatoms. The normalized spacial score (nSPS) is 13.4. The largest absolute Gasteiger partial charge is 0.462 e. The van der Waals surface area contributed by atoms with Crippen LogP contribution in [0.5, 0.6) is 0 Å². The van der Waals surface area contributed by atoms with E-state index in [1.54, 1.807) is 0 Å². The molecule has 0 aromatic rings. The van der Waals surface area contributed by atoms with Crippen molar-refractivity contribution in [3.8, 4) is 0 Å². The summed E-state index contributed by atoms with van der Waals surface area (Å²) in [6, 6.07) is -0.697.